The zero-order valence-electron chi connectivity index (χ0n) is 23.8. The quantitative estimate of drug-likeness (QED) is 0.117. The predicted molar refractivity (Wildman–Crippen MR) is 155 cm³/mol. The lowest BCUT2D eigenvalue weighted by atomic mass is 9.78. The van der Waals surface area contributed by atoms with Gasteiger partial charge in [-0.05, 0) is 73.4 Å². The van der Waals surface area contributed by atoms with Gasteiger partial charge in [-0.1, -0.05) is 97.0 Å². The van der Waals surface area contributed by atoms with Crippen LogP contribution in [0.2, 0.25) is 0 Å². The van der Waals surface area contributed by atoms with E-state index in [1.165, 1.54) is 83.1 Å². The molecule has 0 amide bonds. The van der Waals surface area contributed by atoms with Gasteiger partial charge in [0.05, 0.1) is 12.2 Å². The maximum absolute atomic E-state index is 14.5. The Balaban J connectivity index is 1.33. The van der Waals surface area contributed by atoms with E-state index >= 15 is 0 Å². The molecule has 0 aliphatic heterocycles. The number of carbonyl (C=O) groups excluding carboxylic acids is 1. The van der Waals surface area contributed by atoms with Crippen molar-refractivity contribution in [1.82, 2.24) is 0 Å². The lowest BCUT2D eigenvalue weighted by molar-refractivity contribution is 0.0734. The van der Waals surface area contributed by atoms with Gasteiger partial charge in [-0.3, -0.25) is 0 Å². The van der Waals surface area contributed by atoms with Crippen molar-refractivity contribution in [3.05, 3.63) is 59.4 Å². The predicted octanol–water partition coefficient (Wildman–Crippen LogP) is 10.1. The summed E-state index contributed by atoms with van der Waals surface area (Å²) in [6.07, 6.45) is 19.8. The number of aryl methyl sites for hydroxylation is 1. The molecule has 38 heavy (non-hydrogen) atoms. The Morgan fingerprint density at radius 3 is 2.03 bits per heavy atom. The summed E-state index contributed by atoms with van der Waals surface area (Å²) in [5, 5.41) is 0. The molecular weight excluding hydrogens is 475 g/mol. The molecule has 1 aliphatic carbocycles. The number of rotatable bonds is 17. The Hall–Kier alpha value is -2.36. The van der Waals surface area contributed by atoms with Crippen LogP contribution in [0.5, 0.6) is 11.5 Å². The number of halogens is 1. The van der Waals surface area contributed by atoms with Gasteiger partial charge in [0.25, 0.3) is 0 Å². The fourth-order valence-electron chi connectivity index (χ4n) is 5.62. The Morgan fingerprint density at radius 1 is 0.763 bits per heavy atom. The summed E-state index contributed by atoms with van der Waals surface area (Å²) in [6, 6.07) is 11.8. The number of esters is 1. The minimum absolute atomic E-state index is 0.234. The Kier molecular flexibility index (Phi) is 13.7. The van der Waals surface area contributed by atoms with E-state index in [4.69, 9.17) is 9.47 Å². The third-order valence-corrected chi connectivity index (χ3v) is 8.08. The van der Waals surface area contributed by atoms with E-state index in [0.717, 1.165) is 36.8 Å². The summed E-state index contributed by atoms with van der Waals surface area (Å²) in [5.74, 6) is 2.00. The highest BCUT2D eigenvalue weighted by molar-refractivity contribution is 5.91. The largest absolute Gasteiger partial charge is 0.494 e. The minimum atomic E-state index is -0.492. The first-order chi connectivity index (χ1) is 18.6. The van der Waals surface area contributed by atoms with Gasteiger partial charge in [0.1, 0.15) is 17.3 Å². The van der Waals surface area contributed by atoms with Crippen molar-refractivity contribution >= 4 is 5.97 Å². The first-order valence-corrected chi connectivity index (χ1v) is 15.3. The second-order valence-electron chi connectivity index (χ2n) is 11.2. The van der Waals surface area contributed by atoms with Crippen LogP contribution in [0.25, 0.3) is 0 Å². The first-order valence-electron chi connectivity index (χ1n) is 15.3. The van der Waals surface area contributed by atoms with Gasteiger partial charge in [-0.15, -0.1) is 0 Å². The van der Waals surface area contributed by atoms with Gasteiger partial charge in [0, 0.05) is 6.07 Å². The molecule has 0 heterocycles. The SMILES string of the molecule is CCCCCCCc1ccc(OC(=O)c2ccc(OCCC[C@H]3CC[C@H](CCCCC)CC3)cc2)cc1F. The van der Waals surface area contributed by atoms with E-state index in [9.17, 15) is 9.18 Å². The Bertz CT molecular complexity index is 931. The zero-order chi connectivity index (χ0) is 27.0. The maximum atomic E-state index is 14.5. The number of hydrogen-bond donors (Lipinski definition) is 0. The number of ether oxygens (including phenoxy) is 2. The lowest BCUT2D eigenvalue weighted by Crippen LogP contribution is -2.15. The van der Waals surface area contributed by atoms with E-state index in [1.54, 1.807) is 36.4 Å². The normalized spacial score (nSPS) is 17.3. The van der Waals surface area contributed by atoms with Gasteiger partial charge in [0.15, 0.2) is 0 Å². The van der Waals surface area contributed by atoms with Crippen LogP contribution in [-0.2, 0) is 6.42 Å². The summed E-state index contributed by atoms with van der Waals surface area (Å²) in [4.78, 5) is 12.5. The first kappa shape index (κ1) is 30.2. The average molecular weight is 525 g/mol. The van der Waals surface area contributed by atoms with Crippen molar-refractivity contribution < 1.29 is 18.7 Å². The molecule has 4 heteroatoms. The highest BCUT2D eigenvalue weighted by Gasteiger charge is 2.20. The summed E-state index contributed by atoms with van der Waals surface area (Å²) < 4.78 is 25.8. The summed E-state index contributed by atoms with van der Waals surface area (Å²) >= 11 is 0. The molecule has 0 spiro atoms. The van der Waals surface area contributed by atoms with E-state index < -0.39 is 5.97 Å². The summed E-state index contributed by atoms with van der Waals surface area (Å²) in [7, 11) is 0. The summed E-state index contributed by atoms with van der Waals surface area (Å²) in [6.45, 7) is 5.16. The smallest absolute Gasteiger partial charge is 0.343 e. The van der Waals surface area contributed by atoms with E-state index in [1.807, 2.05) is 0 Å². The molecule has 2 aromatic carbocycles. The molecule has 0 unspecified atom stereocenters. The molecule has 0 saturated heterocycles. The Morgan fingerprint density at radius 2 is 1.37 bits per heavy atom. The lowest BCUT2D eigenvalue weighted by Gasteiger charge is -2.28. The third-order valence-electron chi connectivity index (χ3n) is 8.08. The molecule has 1 aliphatic rings. The Labute approximate surface area is 230 Å². The van der Waals surface area contributed by atoms with E-state index in [-0.39, 0.29) is 11.6 Å². The topological polar surface area (TPSA) is 35.5 Å². The van der Waals surface area contributed by atoms with Crippen LogP contribution in [0.4, 0.5) is 4.39 Å². The van der Waals surface area contributed by atoms with Crippen LogP contribution in [0, 0.1) is 17.7 Å². The molecule has 0 radical (unpaired) electrons. The number of carbonyl (C=O) groups is 1. The van der Waals surface area contributed by atoms with Crippen molar-refractivity contribution in [1.29, 1.82) is 0 Å². The van der Waals surface area contributed by atoms with Crippen molar-refractivity contribution in [2.24, 2.45) is 11.8 Å². The summed E-state index contributed by atoms with van der Waals surface area (Å²) in [5.41, 5.74) is 1.10. The minimum Gasteiger partial charge on any atom is -0.494 e. The number of unbranched alkanes of at least 4 members (excludes halogenated alkanes) is 6. The van der Waals surface area contributed by atoms with E-state index in [0.29, 0.717) is 24.2 Å². The standard InChI is InChI=1S/C34H49FO3/c1-3-5-7-8-10-14-29-19-24-32(26-33(29)35)38-34(36)30-20-22-31(23-21-30)37-25-11-13-28-17-15-27(16-18-28)12-9-6-4-2/h19-24,26-28H,3-18,25H2,1-2H3/t27-,28-. The van der Waals surface area contributed by atoms with Crippen LogP contribution in [0.3, 0.4) is 0 Å². The van der Waals surface area contributed by atoms with Crippen LogP contribution in [0.15, 0.2) is 42.5 Å². The van der Waals surface area contributed by atoms with Gasteiger partial charge in [-0.2, -0.15) is 0 Å². The monoisotopic (exact) mass is 524 g/mol. The molecule has 0 bridgehead atoms. The van der Waals surface area contributed by atoms with Crippen LogP contribution in [-0.4, -0.2) is 12.6 Å². The highest BCUT2D eigenvalue weighted by Crippen LogP contribution is 2.34. The number of benzene rings is 2. The molecule has 1 fully saturated rings. The van der Waals surface area contributed by atoms with Crippen molar-refractivity contribution in [3.8, 4) is 11.5 Å². The molecule has 210 valence electrons. The van der Waals surface area contributed by atoms with Gasteiger partial charge in [0.2, 0.25) is 0 Å². The van der Waals surface area contributed by atoms with Gasteiger partial charge < -0.3 is 9.47 Å². The van der Waals surface area contributed by atoms with Crippen LogP contribution < -0.4 is 9.47 Å². The molecule has 3 rings (SSSR count). The maximum Gasteiger partial charge on any atom is 0.343 e. The molecule has 0 aromatic heterocycles. The second-order valence-corrected chi connectivity index (χ2v) is 11.2. The fourth-order valence-corrected chi connectivity index (χ4v) is 5.62. The molecular formula is C34H49FO3. The zero-order valence-corrected chi connectivity index (χ0v) is 23.8. The number of hydrogen-bond acceptors (Lipinski definition) is 3. The molecule has 3 nitrogen and oxygen atoms in total. The highest BCUT2D eigenvalue weighted by atomic mass is 19.1. The molecule has 2 aromatic rings. The molecule has 0 atom stereocenters. The van der Waals surface area contributed by atoms with Gasteiger partial charge in [-0.25, -0.2) is 9.18 Å². The van der Waals surface area contributed by atoms with Crippen LogP contribution >= 0.6 is 0 Å². The molecule has 1 saturated carbocycles. The molecule has 0 N–H and O–H groups in total. The van der Waals surface area contributed by atoms with Crippen LogP contribution in [0.1, 0.15) is 126 Å². The van der Waals surface area contributed by atoms with Crippen molar-refractivity contribution in [2.45, 2.75) is 117 Å². The average Bonchev–Trinajstić information content (AvgIpc) is 2.93. The third kappa shape index (κ3) is 10.8. The van der Waals surface area contributed by atoms with Gasteiger partial charge >= 0.3 is 5.97 Å². The fraction of sp³-hybridized carbons (Fsp3) is 0.618. The van der Waals surface area contributed by atoms with Crippen molar-refractivity contribution in [3.63, 3.8) is 0 Å². The van der Waals surface area contributed by atoms with E-state index in [2.05, 4.69) is 13.8 Å². The second kappa shape index (κ2) is 17.3. The van der Waals surface area contributed by atoms with Crippen molar-refractivity contribution in [2.75, 3.05) is 6.61 Å².